The van der Waals surface area contributed by atoms with Gasteiger partial charge in [0.25, 0.3) is 0 Å². The molecular formula is C22H29F4NO5. The van der Waals surface area contributed by atoms with E-state index in [0.717, 1.165) is 70.8 Å². The van der Waals surface area contributed by atoms with Gasteiger partial charge in [-0.1, -0.05) is 12.1 Å². The Bertz CT molecular complexity index is 724. The zero-order valence-electron chi connectivity index (χ0n) is 17.7. The van der Waals surface area contributed by atoms with Gasteiger partial charge >= 0.3 is 12.1 Å². The third-order valence-corrected chi connectivity index (χ3v) is 6.01. The number of fused-ring (bicyclic) bond motifs is 1. The molecule has 0 amide bonds. The van der Waals surface area contributed by atoms with Crippen LogP contribution in [0, 0.1) is 11.7 Å². The van der Waals surface area contributed by atoms with E-state index >= 15 is 0 Å². The summed E-state index contributed by atoms with van der Waals surface area (Å²) in [6, 6.07) is 7.26. The summed E-state index contributed by atoms with van der Waals surface area (Å²) in [5.41, 5.74) is 1.15. The first kappa shape index (κ1) is 24.9. The highest BCUT2D eigenvalue weighted by atomic mass is 19.4. The van der Waals surface area contributed by atoms with Gasteiger partial charge in [-0.25, -0.2) is 9.18 Å². The number of carbonyl (C=O) groups is 1. The molecule has 0 bridgehead atoms. The van der Waals surface area contributed by atoms with Crippen molar-refractivity contribution in [3.63, 3.8) is 0 Å². The average Bonchev–Trinajstić information content (AvgIpc) is 3.12. The molecule has 1 N–H and O–H groups in total. The number of benzene rings is 1. The standard InChI is InChI=1S/C20H28FNO3.C2HF3O2/c21-17-5-3-15(4-6-17)12-22-13-19(20-18(22)2-1-9-24-20)25-14-16-7-10-23-11-8-16;3-2(4,5)1(6)7/h3-6,16,18-20H,1-2,7-14H2;(H,6,7)/t18-,19+,20+;/m1./s1. The number of carboxylic acids is 1. The van der Waals surface area contributed by atoms with Crippen LogP contribution in [0.25, 0.3) is 0 Å². The maximum absolute atomic E-state index is 13.1. The second kappa shape index (κ2) is 11.4. The molecule has 3 heterocycles. The fourth-order valence-electron chi connectivity index (χ4n) is 4.33. The van der Waals surface area contributed by atoms with Gasteiger partial charge in [-0.2, -0.15) is 13.2 Å². The maximum Gasteiger partial charge on any atom is 0.490 e. The Hall–Kier alpha value is -1.75. The monoisotopic (exact) mass is 463 g/mol. The molecule has 0 saturated carbocycles. The number of hydrogen-bond donors (Lipinski definition) is 1. The molecule has 0 unspecified atom stereocenters. The fourth-order valence-corrected chi connectivity index (χ4v) is 4.33. The van der Waals surface area contributed by atoms with E-state index < -0.39 is 12.1 Å². The first-order chi connectivity index (χ1) is 15.2. The molecule has 10 heteroatoms. The molecule has 3 fully saturated rings. The second-order valence-corrected chi connectivity index (χ2v) is 8.33. The number of ether oxygens (including phenoxy) is 3. The summed E-state index contributed by atoms with van der Waals surface area (Å²) in [5, 5.41) is 7.12. The lowest BCUT2D eigenvalue weighted by molar-refractivity contribution is -0.192. The van der Waals surface area contributed by atoms with Crippen LogP contribution < -0.4 is 0 Å². The summed E-state index contributed by atoms with van der Waals surface area (Å²) < 4.78 is 62.7. The van der Waals surface area contributed by atoms with Crippen molar-refractivity contribution in [2.24, 2.45) is 5.92 Å². The van der Waals surface area contributed by atoms with Gasteiger partial charge in [-0.15, -0.1) is 0 Å². The Morgan fingerprint density at radius 2 is 1.78 bits per heavy atom. The van der Waals surface area contributed by atoms with E-state index in [0.29, 0.717) is 12.0 Å². The van der Waals surface area contributed by atoms with Crippen molar-refractivity contribution in [2.75, 3.05) is 33.0 Å². The van der Waals surface area contributed by atoms with Crippen LogP contribution in [-0.4, -0.2) is 73.4 Å². The lowest BCUT2D eigenvalue weighted by Gasteiger charge is -2.32. The first-order valence-electron chi connectivity index (χ1n) is 10.8. The van der Waals surface area contributed by atoms with Crippen molar-refractivity contribution in [3.8, 4) is 0 Å². The molecule has 4 rings (SSSR count). The van der Waals surface area contributed by atoms with Crippen molar-refractivity contribution in [3.05, 3.63) is 35.6 Å². The van der Waals surface area contributed by atoms with Crippen LogP contribution in [0.3, 0.4) is 0 Å². The minimum absolute atomic E-state index is 0.147. The Morgan fingerprint density at radius 1 is 1.12 bits per heavy atom. The largest absolute Gasteiger partial charge is 0.490 e. The van der Waals surface area contributed by atoms with Gasteiger partial charge < -0.3 is 19.3 Å². The lowest BCUT2D eigenvalue weighted by atomic mass is 10.0. The molecule has 6 nitrogen and oxygen atoms in total. The average molecular weight is 463 g/mol. The molecule has 3 aliphatic rings. The molecule has 180 valence electrons. The maximum atomic E-state index is 13.1. The van der Waals surface area contributed by atoms with E-state index in [9.17, 15) is 17.6 Å². The summed E-state index contributed by atoms with van der Waals surface area (Å²) >= 11 is 0. The first-order valence-corrected chi connectivity index (χ1v) is 10.8. The molecule has 0 spiro atoms. The summed E-state index contributed by atoms with van der Waals surface area (Å²) in [6.45, 7) is 5.10. The van der Waals surface area contributed by atoms with E-state index in [1.807, 2.05) is 12.1 Å². The van der Waals surface area contributed by atoms with Crippen LogP contribution in [0.2, 0.25) is 0 Å². The molecule has 3 atom stereocenters. The van der Waals surface area contributed by atoms with Gasteiger partial charge in [0.15, 0.2) is 0 Å². The van der Waals surface area contributed by atoms with E-state index in [1.165, 1.54) is 0 Å². The molecule has 0 aromatic heterocycles. The highest BCUT2D eigenvalue weighted by molar-refractivity contribution is 5.73. The van der Waals surface area contributed by atoms with Crippen LogP contribution >= 0.6 is 0 Å². The van der Waals surface area contributed by atoms with Crippen molar-refractivity contribution < 1.29 is 41.7 Å². The van der Waals surface area contributed by atoms with E-state index in [4.69, 9.17) is 24.1 Å². The molecule has 0 aliphatic carbocycles. The second-order valence-electron chi connectivity index (χ2n) is 8.33. The van der Waals surface area contributed by atoms with Gasteiger partial charge in [0, 0.05) is 39.0 Å². The van der Waals surface area contributed by atoms with Crippen molar-refractivity contribution >= 4 is 5.97 Å². The summed E-state index contributed by atoms with van der Waals surface area (Å²) in [4.78, 5) is 11.4. The number of aliphatic carboxylic acids is 1. The highest BCUT2D eigenvalue weighted by Gasteiger charge is 2.44. The van der Waals surface area contributed by atoms with Gasteiger partial charge in [0.1, 0.15) is 11.9 Å². The smallest absolute Gasteiger partial charge is 0.475 e. The fraction of sp³-hybridized carbons (Fsp3) is 0.682. The number of alkyl halides is 3. The molecule has 1 aromatic carbocycles. The molecular weight excluding hydrogens is 434 g/mol. The van der Waals surface area contributed by atoms with Gasteiger partial charge in [-0.3, -0.25) is 4.90 Å². The number of carboxylic acid groups (broad SMARTS) is 1. The minimum atomic E-state index is -5.08. The number of likely N-dealkylation sites (tertiary alicyclic amines) is 1. The van der Waals surface area contributed by atoms with E-state index in [-0.39, 0.29) is 18.0 Å². The SMILES string of the molecule is Fc1ccc(CN2C[C@H](OCC3CCOCC3)[C@H]3OCCC[C@H]32)cc1.O=C(O)C(F)(F)F. The Kier molecular flexibility index (Phi) is 8.87. The molecule has 1 aromatic rings. The third kappa shape index (κ3) is 7.13. The van der Waals surface area contributed by atoms with Gasteiger partial charge in [0.05, 0.1) is 12.7 Å². The highest BCUT2D eigenvalue weighted by Crippen LogP contribution is 2.32. The Labute approximate surface area is 184 Å². The predicted octanol–water partition coefficient (Wildman–Crippen LogP) is 3.63. The van der Waals surface area contributed by atoms with Gasteiger partial charge in [0.2, 0.25) is 0 Å². The number of halogens is 4. The van der Waals surface area contributed by atoms with Crippen LogP contribution in [0.15, 0.2) is 24.3 Å². The summed E-state index contributed by atoms with van der Waals surface area (Å²) in [7, 11) is 0. The Balaban J connectivity index is 0.000000360. The molecule has 32 heavy (non-hydrogen) atoms. The molecule has 3 aliphatic heterocycles. The zero-order chi connectivity index (χ0) is 23.1. The van der Waals surface area contributed by atoms with Crippen LogP contribution in [0.4, 0.5) is 17.6 Å². The van der Waals surface area contributed by atoms with E-state index in [1.54, 1.807) is 12.1 Å². The normalized spacial score (nSPS) is 26.8. The molecule has 3 saturated heterocycles. The third-order valence-electron chi connectivity index (χ3n) is 6.01. The quantitative estimate of drug-likeness (QED) is 0.673. The lowest BCUT2D eigenvalue weighted by Crippen LogP contribution is -2.42. The summed E-state index contributed by atoms with van der Waals surface area (Å²) in [5.74, 6) is -2.32. The molecule has 0 radical (unpaired) electrons. The number of rotatable bonds is 5. The van der Waals surface area contributed by atoms with Crippen LogP contribution in [-0.2, 0) is 25.5 Å². The topological polar surface area (TPSA) is 68.2 Å². The number of hydrogen-bond acceptors (Lipinski definition) is 5. The predicted molar refractivity (Wildman–Crippen MR) is 107 cm³/mol. The minimum Gasteiger partial charge on any atom is -0.475 e. The Morgan fingerprint density at radius 3 is 2.41 bits per heavy atom. The number of nitrogens with zero attached hydrogens (tertiary/aromatic N) is 1. The summed E-state index contributed by atoms with van der Waals surface area (Å²) in [6.07, 6.45) is -0.304. The van der Waals surface area contributed by atoms with Crippen molar-refractivity contribution in [1.82, 2.24) is 4.90 Å². The van der Waals surface area contributed by atoms with Crippen molar-refractivity contribution in [2.45, 2.75) is 56.7 Å². The van der Waals surface area contributed by atoms with E-state index in [2.05, 4.69) is 4.90 Å². The van der Waals surface area contributed by atoms with Gasteiger partial charge in [-0.05, 0) is 49.3 Å². The van der Waals surface area contributed by atoms with Crippen molar-refractivity contribution in [1.29, 1.82) is 0 Å². The van der Waals surface area contributed by atoms with Crippen LogP contribution in [0.5, 0.6) is 0 Å². The zero-order valence-corrected chi connectivity index (χ0v) is 17.7. The van der Waals surface area contributed by atoms with Crippen LogP contribution in [0.1, 0.15) is 31.2 Å².